The molecule has 0 heterocycles. The molecular weight excluding hydrogens is 372 g/mol. The van der Waals surface area contributed by atoms with Gasteiger partial charge < -0.3 is 5.11 Å². The smallest absolute Gasteiger partial charge is 0.155 e. The summed E-state index contributed by atoms with van der Waals surface area (Å²) in [4.78, 5) is 25.4. The lowest BCUT2D eigenvalue weighted by atomic mass is 9.38. The van der Waals surface area contributed by atoms with Crippen LogP contribution >= 0.6 is 0 Å². The first-order valence-electron chi connectivity index (χ1n) is 11.9. The summed E-state index contributed by atoms with van der Waals surface area (Å²) in [6, 6.07) is 6.80. The van der Waals surface area contributed by atoms with Gasteiger partial charge in [-0.3, -0.25) is 9.59 Å². The molecule has 0 radical (unpaired) electrons. The number of carbonyl (C=O) groups excluding carboxylic acids is 2. The highest BCUT2D eigenvalue weighted by molar-refractivity contribution is 5.92. The van der Waals surface area contributed by atoms with Crippen LogP contribution in [0, 0.1) is 22.7 Å². The first-order chi connectivity index (χ1) is 14.3. The first-order valence-corrected chi connectivity index (χ1v) is 11.9. The molecule has 0 aliphatic heterocycles. The Labute approximate surface area is 178 Å². The van der Waals surface area contributed by atoms with Crippen molar-refractivity contribution in [2.24, 2.45) is 22.7 Å². The van der Waals surface area contributed by atoms with Crippen LogP contribution in [0.2, 0.25) is 0 Å². The average Bonchev–Trinajstić information content (AvgIpc) is 3.02. The van der Waals surface area contributed by atoms with Gasteiger partial charge in [0.1, 0.15) is 5.78 Å². The Morgan fingerprint density at radius 3 is 2.70 bits per heavy atom. The van der Waals surface area contributed by atoms with Crippen LogP contribution in [0.4, 0.5) is 0 Å². The van der Waals surface area contributed by atoms with Crippen molar-refractivity contribution >= 4 is 11.6 Å². The van der Waals surface area contributed by atoms with Crippen LogP contribution in [0.1, 0.15) is 81.4 Å². The monoisotopic (exact) mass is 404 g/mol. The number of Topliss-reactive ketones (excluding diaryl/α,β-unsaturated/α-hetero) is 1. The molecule has 0 saturated heterocycles. The number of aryl methyl sites for hydroxylation is 1. The van der Waals surface area contributed by atoms with Crippen molar-refractivity contribution in [1.82, 2.24) is 0 Å². The van der Waals surface area contributed by atoms with E-state index in [1.54, 1.807) is 0 Å². The normalized spacial score (nSPS) is 44.0. The van der Waals surface area contributed by atoms with Gasteiger partial charge in [0.15, 0.2) is 5.78 Å². The second-order valence-corrected chi connectivity index (χ2v) is 11.0. The molecule has 0 amide bonds. The van der Waals surface area contributed by atoms with Gasteiger partial charge in [-0.2, -0.15) is 0 Å². The van der Waals surface area contributed by atoms with Crippen molar-refractivity contribution in [1.29, 1.82) is 0 Å². The summed E-state index contributed by atoms with van der Waals surface area (Å²) in [7, 11) is 0. The van der Waals surface area contributed by atoms with Crippen LogP contribution in [0.3, 0.4) is 0 Å². The molecule has 30 heavy (non-hydrogen) atoms. The second kappa shape index (κ2) is 5.94. The molecule has 1 N–H and O–H groups in total. The van der Waals surface area contributed by atoms with Crippen LogP contribution in [0.5, 0.6) is 0 Å². The summed E-state index contributed by atoms with van der Waals surface area (Å²) in [5.74, 6) is 1.04. The minimum atomic E-state index is -0.840. The molecule has 1 aromatic rings. The number of hydrogen-bond acceptors (Lipinski definition) is 3. The van der Waals surface area contributed by atoms with E-state index in [4.69, 9.17) is 0 Å². The van der Waals surface area contributed by atoms with E-state index in [-0.39, 0.29) is 34.4 Å². The molecule has 3 nitrogen and oxygen atoms in total. The van der Waals surface area contributed by atoms with E-state index in [0.717, 1.165) is 44.9 Å². The molecule has 0 bridgehead atoms. The third-order valence-electron chi connectivity index (χ3n) is 10.1. The Morgan fingerprint density at radius 2 is 1.90 bits per heavy atom. The summed E-state index contributed by atoms with van der Waals surface area (Å²) in [5.41, 5.74) is 3.65. The number of fused-ring (bicyclic) bond motifs is 4. The van der Waals surface area contributed by atoms with E-state index < -0.39 is 5.60 Å². The van der Waals surface area contributed by atoms with E-state index in [1.807, 2.05) is 6.08 Å². The summed E-state index contributed by atoms with van der Waals surface area (Å²) < 4.78 is 0. The molecule has 1 spiro atoms. The molecular formula is C27H32O3. The Hall–Kier alpha value is -1.74. The molecule has 3 saturated carbocycles. The average molecular weight is 405 g/mol. The van der Waals surface area contributed by atoms with Crippen LogP contribution in [0.15, 0.2) is 29.8 Å². The Bertz CT molecular complexity index is 1010. The fourth-order valence-corrected chi connectivity index (χ4v) is 8.63. The van der Waals surface area contributed by atoms with Crippen molar-refractivity contribution in [3.63, 3.8) is 0 Å². The number of ketones is 2. The zero-order valence-corrected chi connectivity index (χ0v) is 18.2. The lowest BCUT2D eigenvalue weighted by molar-refractivity contribution is -0.210. The number of hydrogen-bond donors (Lipinski definition) is 1. The maximum Gasteiger partial charge on any atom is 0.155 e. The highest BCUT2D eigenvalue weighted by Gasteiger charge is 2.72. The minimum absolute atomic E-state index is 0.0163. The van der Waals surface area contributed by atoms with Crippen molar-refractivity contribution in [2.45, 2.75) is 83.2 Å². The van der Waals surface area contributed by atoms with Gasteiger partial charge in [0, 0.05) is 29.6 Å². The highest BCUT2D eigenvalue weighted by atomic mass is 16.3. The molecule has 6 atom stereocenters. The fraction of sp³-hybridized carbons (Fsp3) is 0.630. The van der Waals surface area contributed by atoms with Gasteiger partial charge in [0.05, 0.1) is 5.60 Å². The van der Waals surface area contributed by atoms with Gasteiger partial charge in [-0.05, 0) is 79.5 Å². The molecule has 1 unspecified atom stereocenters. The fourth-order valence-electron chi connectivity index (χ4n) is 8.63. The van der Waals surface area contributed by atoms with Gasteiger partial charge in [-0.15, -0.1) is 0 Å². The SMILES string of the molecule is CCc1ccc2c(c1)C[C@]13CCC(=O)C=C1CC[C@H]1[C@@H]4CCC(=O)[C@@]4(C)CC2[C@@]13O. The summed E-state index contributed by atoms with van der Waals surface area (Å²) in [5, 5.41) is 12.8. The highest BCUT2D eigenvalue weighted by Crippen LogP contribution is 2.72. The molecule has 5 aliphatic rings. The number of carbonyl (C=O) groups is 2. The second-order valence-electron chi connectivity index (χ2n) is 11.0. The van der Waals surface area contributed by atoms with Gasteiger partial charge in [0.25, 0.3) is 0 Å². The number of rotatable bonds is 1. The molecule has 3 fully saturated rings. The Balaban J connectivity index is 1.62. The van der Waals surface area contributed by atoms with Gasteiger partial charge in [0.2, 0.25) is 0 Å². The van der Waals surface area contributed by atoms with Crippen molar-refractivity contribution in [2.75, 3.05) is 0 Å². The number of benzene rings is 1. The van der Waals surface area contributed by atoms with E-state index in [2.05, 4.69) is 32.0 Å². The molecule has 5 aliphatic carbocycles. The summed E-state index contributed by atoms with van der Waals surface area (Å²) in [6.07, 6.45) is 9.17. The van der Waals surface area contributed by atoms with Gasteiger partial charge in [-0.1, -0.05) is 37.6 Å². The van der Waals surface area contributed by atoms with E-state index in [1.165, 1.54) is 22.3 Å². The van der Waals surface area contributed by atoms with Crippen LogP contribution in [-0.4, -0.2) is 22.3 Å². The lowest BCUT2D eigenvalue weighted by Gasteiger charge is -2.68. The Kier molecular flexibility index (Phi) is 3.76. The zero-order chi connectivity index (χ0) is 20.9. The standard InChI is InChI=1S/C27H32O3/c1-3-16-4-6-20-17(12-16)14-26-11-10-19(28)13-18(26)5-7-22-21-8-9-24(29)25(21,2)15-23(20)27(22,26)30/h4,6,12-13,21-23,30H,3,5,7-11,14-15H2,1-2H3/t21-,22-,23?,25-,26+,27-/m0/s1. The summed E-state index contributed by atoms with van der Waals surface area (Å²) >= 11 is 0. The van der Waals surface area contributed by atoms with E-state index >= 15 is 0 Å². The lowest BCUT2D eigenvalue weighted by Crippen LogP contribution is -2.69. The first kappa shape index (κ1) is 19.0. The quantitative estimate of drug-likeness (QED) is 0.738. The predicted octanol–water partition coefficient (Wildman–Crippen LogP) is 4.69. The third kappa shape index (κ3) is 2.06. The molecule has 6 rings (SSSR count). The maximum absolute atomic E-state index is 13.1. The van der Waals surface area contributed by atoms with Gasteiger partial charge >= 0.3 is 0 Å². The molecule has 3 heteroatoms. The van der Waals surface area contributed by atoms with E-state index in [9.17, 15) is 14.7 Å². The summed E-state index contributed by atoms with van der Waals surface area (Å²) in [6.45, 7) is 4.37. The molecule has 1 aromatic carbocycles. The van der Waals surface area contributed by atoms with Crippen molar-refractivity contribution < 1.29 is 14.7 Å². The predicted molar refractivity (Wildman–Crippen MR) is 115 cm³/mol. The van der Waals surface area contributed by atoms with Crippen LogP contribution < -0.4 is 0 Å². The van der Waals surface area contributed by atoms with Crippen molar-refractivity contribution in [3.05, 3.63) is 46.5 Å². The molecule has 0 aromatic heterocycles. The van der Waals surface area contributed by atoms with Crippen molar-refractivity contribution in [3.8, 4) is 0 Å². The van der Waals surface area contributed by atoms with E-state index in [0.29, 0.717) is 18.6 Å². The van der Waals surface area contributed by atoms with Crippen LogP contribution in [0.25, 0.3) is 0 Å². The topological polar surface area (TPSA) is 54.4 Å². The number of aliphatic hydroxyl groups is 1. The zero-order valence-electron chi connectivity index (χ0n) is 18.2. The van der Waals surface area contributed by atoms with Gasteiger partial charge in [-0.25, -0.2) is 0 Å². The molecule has 158 valence electrons. The Morgan fingerprint density at radius 1 is 1.10 bits per heavy atom. The van der Waals surface area contributed by atoms with Crippen LogP contribution in [-0.2, 0) is 22.4 Å². The largest absolute Gasteiger partial charge is 0.388 e. The third-order valence-corrected chi connectivity index (χ3v) is 10.1. The maximum atomic E-state index is 13.1. The minimum Gasteiger partial charge on any atom is -0.388 e.